The number of aromatic hydroxyl groups is 2. The van der Waals surface area contributed by atoms with Gasteiger partial charge in [0.1, 0.15) is 6.61 Å². The van der Waals surface area contributed by atoms with Gasteiger partial charge in [0, 0.05) is 5.56 Å². The Labute approximate surface area is 69.9 Å². The van der Waals surface area contributed by atoms with Gasteiger partial charge in [0.25, 0.3) is 0 Å². The first-order chi connectivity index (χ1) is 5.74. The zero-order valence-electron chi connectivity index (χ0n) is 6.28. The molecule has 0 saturated heterocycles. The summed E-state index contributed by atoms with van der Waals surface area (Å²) >= 11 is 0. The van der Waals surface area contributed by atoms with Gasteiger partial charge in [-0.05, 0) is 18.2 Å². The molecule has 0 aliphatic carbocycles. The van der Waals surface area contributed by atoms with E-state index in [1.54, 1.807) is 6.07 Å². The first-order valence-corrected chi connectivity index (χ1v) is 3.36. The summed E-state index contributed by atoms with van der Waals surface area (Å²) < 4.78 is 0. The molecule has 0 amide bonds. The molecule has 1 aromatic carbocycles. The third-order valence-electron chi connectivity index (χ3n) is 1.29. The first-order valence-electron chi connectivity index (χ1n) is 3.36. The predicted octanol–water partition coefficient (Wildman–Crippen LogP) is 0.442. The molecule has 1 rings (SSSR count). The summed E-state index contributed by atoms with van der Waals surface area (Å²) in [4.78, 5) is 0. The summed E-state index contributed by atoms with van der Waals surface area (Å²) in [6.07, 6.45) is 0. The van der Waals surface area contributed by atoms with Crippen LogP contribution in [0.5, 0.6) is 11.5 Å². The molecule has 3 N–H and O–H groups in total. The Balaban J connectivity index is 2.97. The van der Waals surface area contributed by atoms with Gasteiger partial charge in [0.15, 0.2) is 11.5 Å². The van der Waals surface area contributed by atoms with Crippen LogP contribution < -0.4 is 0 Å². The van der Waals surface area contributed by atoms with Crippen molar-refractivity contribution < 1.29 is 15.3 Å². The molecule has 0 aliphatic heterocycles. The quantitative estimate of drug-likeness (QED) is 0.385. The maximum atomic E-state index is 9.02. The van der Waals surface area contributed by atoms with E-state index >= 15 is 0 Å². The van der Waals surface area contributed by atoms with Crippen molar-refractivity contribution in [3.05, 3.63) is 23.8 Å². The van der Waals surface area contributed by atoms with E-state index in [-0.39, 0.29) is 18.1 Å². The third-order valence-corrected chi connectivity index (χ3v) is 1.29. The van der Waals surface area contributed by atoms with Crippen molar-refractivity contribution in [3.8, 4) is 23.3 Å². The first kappa shape index (κ1) is 8.44. The minimum Gasteiger partial charge on any atom is -0.504 e. The molecular weight excluding hydrogens is 156 g/mol. The summed E-state index contributed by atoms with van der Waals surface area (Å²) in [6, 6.07) is 4.23. The SMILES string of the molecule is OCC#Cc1ccc(O)c(O)c1. The Hall–Kier alpha value is -1.66. The average Bonchev–Trinajstić information content (AvgIpc) is 2.07. The van der Waals surface area contributed by atoms with Crippen LogP contribution in [0.4, 0.5) is 0 Å². The molecule has 62 valence electrons. The number of aliphatic hydroxyl groups excluding tert-OH is 1. The molecule has 0 unspecified atom stereocenters. The molecule has 0 spiro atoms. The predicted molar refractivity (Wildman–Crippen MR) is 43.7 cm³/mol. The monoisotopic (exact) mass is 164 g/mol. The second kappa shape index (κ2) is 3.65. The van der Waals surface area contributed by atoms with Gasteiger partial charge in [-0.25, -0.2) is 0 Å². The van der Waals surface area contributed by atoms with E-state index in [0.717, 1.165) is 0 Å². The molecule has 0 radical (unpaired) electrons. The topological polar surface area (TPSA) is 60.7 Å². The van der Waals surface area contributed by atoms with Gasteiger partial charge in [-0.3, -0.25) is 0 Å². The van der Waals surface area contributed by atoms with Crippen molar-refractivity contribution in [3.63, 3.8) is 0 Å². The fourth-order valence-corrected chi connectivity index (χ4v) is 0.743. The van der Waals surface area contributed by atoms with Crippen LogP contribution in [0.3, 0.4) is 0 Å². The van der Waals surface area contributed by atoms with E-state index in [0.29, 0.717) is 5.56 Å². The highest BCUT2D eigenvalue weighted by Crippen LogP contribution is 2.24. The van der Waals surface area contributed by atoms with Crippen LogP contribution in [0.25, 0.3) is 0 Å². The zero-order chi connectivity index (χ0) is 8.97. The lowest BCUT2D eigenvalue weighted by atomic mass is 10.2. The number of phenols is 2. The van der Waals surface area contributed by atoms with E-state index in [1.807, 2.05) is 0 Å². The lowest BCUT2D eigenvalue weighted by Gasteiger charge is -1.95. The van der Waals surface area contributed by atoms with Crippen molar-refractivity contribution in [1.29, 1.82) is 0 Å². The number of hydrogen-bond acceptors (Lipinski definition) is 3. The summed E-state index contributed by atoms with van der Waals surface area (Å²) in [5, 5.41) is 26.3. The molecule has 0 atom stereocenters. The number of benzene rings is 1. The van der Waals surface area contributed by atoms with Gasteiger partial charge < -0.3 is 15.3 Å². The van der Waals surface area contributed by atoms with Crippen LogP contribution in [0.15, 0.2) is 18.2 Å². The fourth-order valence-electron chi connectivity index (χ4n) is 0.743. The van der Waals surface area contributed by atoms with Crippen LogP contribution in [-0.4, -0.2) is 21.9 Å². The van der Waals surface area contributed by atoms with Gasteiger partial charge in [-0.1, -0.05) is 11.8 Å². The third kappa shape index (κ3) is 1.91. The molecule has 0 fully saturated rings. The highest BCUT2D eigenvalue weighted by atomic mass is 16.3. The summed E-state index contributed by atoms with van der Waals surface area (Å²) in [5.41, 5.74) is 0.555. The second-order valence-electron chi connectivity index (χ2n) is 2.16. The van der Waals surface area contributed by atoms with E-state index in [2.05, 4.69) is 11.8 Å². The Kier molecular flexibility index (Phi) is 2.57. The number of phenolic OH excluding ortho intramolecular Hbond substituents is 2. The Morgan fingerprint density at radius 1 is 1.17 bits per heavy atom. The number of aliphatic hydroxyl groups is 1. The van der Waals surface area contributed by atoms with Crippen molar-refractivity contribution in [1.82, 2.24) is 0 Å². The van der Waals surface area contributed by atoms with Crippen LogP contribution in [0, 0.1) is 11.8 Å². The fraction of sp³-hybridized carbons (Fsp3) is 0.111. The maximum Gasteiger partial charge on any atom is 0.158 e. The minimum absolute atomic E-state index is 0.176. The standard InChI is InChI=1S/C9H8O3/c10-5-1-2-7-3-4-8(11)9(12)6-7/h3-4,6,10-12H,5H2. The lowest BCUT2D eigenvalue weighted by molar-refractivity contribution is 0.350. The summed E-state index contributed by atoms with van der Waals surface area (Å²) in [6.45, 7) is -0.221. The van der Waals surface area contributed by atoms with E-state index < -0.39 is 0 Å². The van der Waals surface area contributed by atoms with Crippen LogP contribution in [-0.2, 0) is 0 Å². The molecule has 3 heteroatoms. The molecule has 0 bridgehead atoms. The molecule has 0 saturated carbocycles. The normalized spacial score (nSPS) is 8.75. The van der Waals surface area contributed by atoms with E-state index in [1.165, 1.54) is 12.1 Å². The molecule has 0 aromatic heterocycles. The maximum absolute atomic E-state index is 9.02. The highest BCUT2D eigenvalue weighted by Gasteiger charge is 1.96. The van der Waals surface area contributed by atoms with E-state index in [4.69, 9.17) is 15.3 Å². The molecular formula is C9H8O3. The smallest absolute Gasteiger partial charge is 0.158 e. The van der Waals surface area contributed by atoms with Crippen molar-refractivity contribution in [2.24, 2.45) is 0 Å². The van der Waals surface area contributed by atoms with Gasteiger partial charge in [-0.2, -0.15) is 0 Å². The molecule has 1 aromatic rings. The largest absolute Gasteiger partial charge is 0.504 e. The molecule has 0 aliphatic rings. The van der Waals surface area contributed by atoms with Gasteiger partial charge in [0.2, 0.25) is 0 Å². The van der Waals surface area contributed by atoms with Crippen molar-refractivity contribution in [2.45, 2.75) is 0 Å². The zero-order valence-corrected chi connectivity index (χ0v) is 6.28. The van der Waals surface area contributed by atoms with Crippen LogP contribution in [0.2, 0.25) is 0 Å². The number of hydrogen-bond donors (Lipinski definition) is 3. The Bertz CT molecular complexity index is 333. The summed E-state index contributed by atoms with van der Waals surface area (Å²) in [7, 11) is 0. The minimum atomic E-state index is -0.221. The van der Waals surface area contributed by atoms with Crippen molar-refractivity contribution in [2.75, 3.05) is 6.61 Å². The van der Waals surface area contributed by atoms with Gasteiger partial charge >= 0.3 is 0 Å². The average molecular weight is 164 g/mol. The Morgan fingerprint density at radius 2 is 1.92 bits per heavy atom. The van der Waals surface area contributed by atoms with E-state index in [9.17, 15) is 0 Å². The molecule has 12 heavy (non-hydrogen) atoms. The Morgan fingerprint density at radius 3 is 2.50 bits per heavy atom. The second-order valence-corrected chi connectivity index (χ2v) is 2.16. The van der Waals surface area contributed by atoms with Gasteiger partial charge in [-0.15, -0.1) is 0 Å². The number of rotatable bonds is 0. The van der Waals surface area contributed by atoms with Crippen LogP contribution >= 0.6 is 0 Å². The van der Waals surface area contributed by atoms with Gasteiger partial charge in [0.05, 0.1) is 0 Å². The highest BCUT2D eigenvalue weighted by molar-refractivity contribution is 5.46. The van der Waals surface area contributed by atoms with Crippen LogP contribution in [0.1, 0.15) is 5.56 Å². The van der Waals surface area contributed by atoms with Crippen molar-refractivity contribution >= 4 is 0 Å². The summed E-state index contributed by atoms with van der Waals surface area (Å²) in [5.74, 6) is 4.63. The molecule has 0 heterocycles. The lowest BCUT2D eigenvalue weighted by Crippen LogP contribution is -1.76. The molecule has 3 nitrogen and oxygen atoms in total.